The van der Waals surface area contributed by atoms with E-state index in [1.807, 2.05) is 60.7 Å². The van der Waals surface area contributed by atoms with Crippen molar-refractivity contribution in [3.8, 4) is 0 Å². The van der Waals surface area contributed by atoms with Crippen LogP contribution in [0.5, 0.6) is 0 Å². The Morgan fingerprint density at radius 3 is 2.19 bits per heavy atom. The average molecular weight is 431 g/mol. The molecule has 0 bridgehead atoms. The minimum atomic E-state index is -0.465. The first-order valence-electron chi connectivity index (χ1n) is 10.4. The maximum atomic E-state index is 13.3. The summed E-state index contributed by atoms with van der Waals surface area (Å²) in [5, 5.41) is 0. The SMILES string of the molecule is Cn1c(=O)c2c(ncn2CC(=O)N(CCc2ccccc2)Cc2ccccc2)n(C)c1=O. The molecule has 2 heterocycles. The van der Waals surface area contributed by atoms with Gasteiger partial charge in [-0.3, -0.25) is 18.7 Å². The van der Waals surface area contributed by atoms with Crippen LogP contribution in [-0.4, -0.2) is 36.0 Å². The second-order valence-electron chi connectivity index (χ2n) is 7.79. The van der Waals surface area contributed by atoms with Gasteiger partial charge in [-0.15, -0.1) is 0 Å². The van der Waals surface area contributed by atoms with Crippen molar-refractivity contribution in [3.63, 3.8) is 0 Å². The largest absolute Gasteiger partial charge is 0.336 e. The van der Waals surface area contributed by atoms with Crippen molar-refractivity contribution in [2.24, 2.45) is 14.1 Å². The number of benzene rings is 2. The Labute approximate surface area is 185 Å². The highest BCUT2D eigenvalue weighted by atomic mass is 16.2. The topological polar surface area (TPSA) is 82.1 Å². The van der Waals surface area contributed by atoms with E-state index in [0.717, 1.165) is 22.1 Å². The van der Waals surface area contributed by atoms with Gasteiger partial charge in [0.15, 0.2) is 11.2 Å². The van der Waals surface area contributed by atoms with Crippen molar-refractivity contribution in [1.82, 2.24) is 23.6 Å². The third-order valence-electron chi connectivity index (χ3n) is 5.60. The average Bonchev–Trinajstić information content (AvgIpc) is 3.24. The van der Waals surface area contributed by atoms with Crippen molar-refractivity contribution in [1.29, 1.82) is 0 Å². The van der Waals surface area contributed by atoms with Crippen LogP contribution in [-0.2, 0) is 38.4 Å². The van der Waals surface area contributed by atoms with Gasteiger partial charge in [0.25, 0.3) is 5.56 Å². The van der Waals surface area contributed by atoms with Crippen LogP contribution < -0.4 is 11.2 Å². The number of aryl methyl sites for hydroxylation is 1. The Bertz CT molecular complexity index is 1350. The zero-order valence-corrected chi connectivity index (χ0v) is 18.1. The molecule has 4 aromatic rings. The highest BCUT2D eigenvalue weighted by Crippen LogP contribution is 2.11. The van der Waals surface area contributed by atoms with Crippen LogP contribution in [0.2, 0.25) is 0 Å². The molecule has 0 saturated carbocycles. The van der Waals surface area contributed by atoms with Gasteiger partial charge in [0.2, 0.25) is 5.91 Å². The summed E-state index contributed by atoms with van der Waals surface area (Å²) in [6.45, 7) is 0.974. The van der Waals surface area contributed by atoms with Crippen molar-refractivity contribution < 1.29 is 4.79 Å². The number of nitrogens with zero attached hydrogens (tertiary/aromatic N) is 5. The molecule has 0 unspecified atom stereocenters. The lowest BCUT2D eigenvalue weighted by Crippen LogP contribution is -2.38. The number of rotatable bonds is 7. The molecule has 0 aliphatic heterocycles. The summed E-state index contributed by atoms with van der Waals surface area (Å²) in [6.07, 6.45) is 2.17. The molecule has 0 atom stereocenters. The van der Waals surface area contributed by atoms with Gasteiger partial charge < -0.3 is 9.47 Å². The summed E-state index contributed by atoms with van der Waals surface area (Å²) in [4.78, 5) is 44.2. The summed E-state index contributed by atoms with van der Waals surface area (Å²) in [6, 6.07) is 19.8. The van der Waals surface area contributed by atoms with E-state index in [1.165, 1.54) is 22.5 Å². The Hall–Kier alpha value is -3.94. The first-order valence-corrected chi connectivity index (χ1v) is 10.4. The first-order chi connectivity index (χ1) is 15.5. The molecule has 0 aliphatic carbocycles. The summed E-state index contributed by atoms with van der Waals surface area (Å²) in [5.74, 6) is -0.125. The molecule has 8 heteroatoms. The molecule has 32 heavy (non-hydrogen) atoms. The molecule has 8 nitrogen and oxygen atoms in total. The van der Waals surface area contributed by atoms with Gasteiger partial charge in [-0.05, 0) is 17.5 Å². The highest BCUT2D eigenvalue weighted by Gasteiger charge is 2.19. The second-order valence-corrected chi connectivity index (χ2v) is 7.79. The Kier molecular flexibility index (Phi) is 6.02. The first kappa shape index (κ1) is 21.3. The quantitative estimate of drug-likeness (QED) is 0.446. The van der Waals surface area contributed by atoms with E-state index in [1.54, 1.807) is 11.9 Å². The lowest BCUT2D eigenvalue weighted by Gasteiger charge is -2.23. The van der Waals surface area contributed by atoms with Crippen LogP contribution in [0.25, 0.3) is 11.2 Å². The fourth-order valence-electron chi connectivity index (χ4n) is 3.77. The predicted octanol–water partition coefficient (Wildman–Crippen LogP) is 1.71. The van der Waals surface area contributed by atoms with E-state index >= 15 is 0 Å². The van der Waals surface area contributed by atoms with E-state index < -0.39 is 11.2 Å². The zero-order valence-electron chi connectivity index (χ0n) is 18.1. The summed E-state index contributed by atoms with van der Waals surface area (Å²) in [5.41, 5.74) is 1.77. The molecule has 164 valence electrons. The summed E-state index contributed by atoms with van der Waals surface area (Å²) >= 11 is 0. The molecule has 0 N–H and O–H groups in total. The van der Waals surface area contributed by atoms with Crippen molar-refractivity contribution in [2.45, 2.75) is 19.5 Å². The van der Waals surface area contributed by atoms with Gasteiger partial charge in [0.05, 0.1) is 6.33 Å². The Balaban J connectivity index is 1.62. The van der Waals surface area contributed by atoms with Crippen molar-refractivity contribution in [3.05, 3.63) is 99.0 Å². The highest BCUT2D eigenvalue weighted by molar-refractivity contribution is 5.79. The lowest BCUT2D eigenvalue weighted by atomic mass is 10.1. The molecule has 0 saturated heterocycles. The van der Waals surface area contributed by atoms with E-state index in [-0.39, 0.29) is 23.6 Å². The smallest absolute Gasteiger partial charge is 0.332 e. The molecule has 0 spiro atoms. The fraction of sp³-hybridized carbons (Fsp3) is 0.250. The maximum absolute atomic E-state index is 13.3. The van der Waals surface area contributed by atoms with Gasteiger partial charge in [-0.1, -0.05) is 60.7 Å². The van der Waals surface area contributed by atoms with Crippen LogP contribution in [0.4, 0.5) is 0 Å². The van der Waals surface area contributed by atoms with Gasteiger partial charge in [-0.2, -0.15) is 0 Å². The standard InChI is InChI=1S/C24H25N5O3/c1-26-22-21(23(31)27(2)24(26)32)29(17-25-22)16-20(30)28(15-19-11-7-4-8-12-19)14-13-18-9-5-3-6-10-18/h3-12,17H,13-16H2,1-2H3. The molecule has 4 rings (SSSR count). The maximum Gasteiger partial charge on any atom is 0.332 e. The third-order valence-corrected chi connectivity index (χ3v) is 5.60. The molecular weight excluding hydrogens is 406 g/mol. The number of hydrogen-bond acceptors (Lipinski definition) is 4. The second kappa shape index (κ2) is 9.05. The lowest BCUT2D eigenvalue weighted by molar-refractivity contribution is -0.132. The molecule has 2 aromatic heterocycles. The van der Waals surface area contributed by atoms with E-state index in [9.17, 15) is 14.4 Å². The Morgan fingerprint density at radius 1 is 0.906 bits per heavy atom. The molecule has 0 fully saturated rings. The number of imidazole rings is 1. The van der Waals surface area contributed by atoms with Crippen molar-refractivity contribution >= 4 is 17.1 Å². The van der Waals surface area contributed by atoms with Gasteiger partial charge in [-0.25, -0.2) is 9.78 Å². The summed E-state index contributed by atoms with van der Waals surface area (Å²) in [7, 11) is 2.98. The number of hydrogen-bond donors (Lipinski definition) is 0. The third kappa shape index (κ3) is 4.25. The fourth-order valence-corrected chi connectivity index (χ4v) is 3.77. The van der Waals surface area contributed by atoms with E-state index in [2.05, 4.69) is 4.98 Å². The molecular formula is C24H25N5O3. The van der Waals surface area contributed by atoms with Crippen LogP contribution in [0.3, 0.4) is 0 Å². The van der Waals surface area contributed by atoms with E-state index in [4.69, 9.17) is 0 Å². The van der Waals surface area contributed by atoms with Crippen molar-refractivity contribution in [2.75, 3.05) is 6.54 Å². The van der Waals surface area contributed by atoms with Crippen LogP contribution >= 0.6 is 0 Å². The molecule has 2 aromatic carbocycles. The Morgan fingerprint density at radius 2 is 1.53 bits per heavy atom. The van der Waals surface area contributed by atoms with Crippen LogP contribution in [0.15, 0.2) is 76.6 Å². The number of carbonyl (C=O) groups excluding carboxylic acids is 1. The normalized spacial score (nSPS) is 11.1. The monoisotopic (exact) mass is 431 g/mol. The molecule has 1 amide bonds. The van der Waals surface area contributed by atoms with Crippen LogP contribution in [0.1, 0.15) is 11.1 Å². The minimum absolute atomic E-state index is 0.0361. The van der Waals surface area contributed by atoms with E-state index in [0.29, 0.717) is 13.1 Å². The number of fused-ring (bicyclic) bond motifs is 1. The summed E-state index contributed by atoms with van der Waals surface area (Å²) < 4.78 is 3.87. The number of amides is 1. The minimum Gasteiger partial charge on any atom is -0.336 e. The van der Waals surface area contributed by atoms with Gasteiger partial charge in [0, 0.05) is 27.2 Å². The molecule has 0 radical (unpaired) electrons. The predicted molar refractivity (Wildman–Crippen MR) is 122 cm³/mol. The van der Waals surface area contributed by atoms with Crippen LogP contribution in [0, 0.1) is 0 Å². The van der Waals surface area contributed by atoms with Gasteiger partial charge in [0.1, 0.15) is 6.54 Å². The number of carbonyl (C=O) groups is 1. The zero-order chi connectivity index (χ0) is 22.7. The molecule has 0 aliphatic rings. The number of aromatic nitrogens is 4. The van der Waals surface area contributed by atoms with Gasteiger partial charge >= 0.3 is 5.69 Å².